The molecule has 0 aliphatic heterocycles. The molecule has 0 aromatic heterocycles. The number of hydrogen-bond acceptors (Lipinski definition) is 3. The molecule has 0 spiro atoms. The molecule has 0 aromatic carbocycles. The van der Waals surface area contributed by atoms with Gasteiger partial charge < -0.3 is 20.6 Å². The zero-order valence-corrected chi connectivity index (χ0v) is 12.9. The molecule has 20 heavy (non-hydrogen) atoms. The molecule has 6 nitrogen and oxygen atoms in total. The largest absolute Gasteiger partial charge is 0.480 e. The average Bonchev–Trinajstić information content (AvgIpc) is 2.42. The number of hydrogen-bond donors (Lipinski definition) is 3. The third-order valence-electron chi connectivity index (χ3n) is 3.15. The van der Waals surface area contributed by atoms with E-state index in [9.17, 15) is 9.59 Å². The first-order valence-electron chi connectivity index (χ1n) is 7.54. The molecule has 0 bridgehead atoms. The monoisotopic (exact) mass is 287 g/mol. The van der Waals surface area contributed by atoms with Crippen molar-refractivity contribution in [3.8, 4) is 0 Å². The summed E-state index contributed by atoms with van der Waals surface area (Å²) >= 11 is 0. The fraction of sp³-hybridized carbons (Fsp3) is 0.857. The number of amides is 2. The molecule has 0 saturated carbocycles. The Bertz CT molecular complexity index is 285. The number of rotatable bonds is 11. The van der Waals surface area contributed by atoms with Crippen molar-refractivity contribution in [3.05, 3.63) is 0 Å². The molecule has 118 valence electrons. The van der Waals surface area contributed by atoms with Gasteiger partial charge in [-0.1, -0.05) is 33.6 Å². The molecule has 3 N–H and O–H groups in total. The van der Waals surface area contributed by atoms with Crippen molar-refractivity contribution in [1.29, 1.82) is 0 Å². The summed E-state index contributed by atoms with van der Waals surface area (Å²) in [5.74, 6) is -0.977. The van der Waals surface area contributed by atoms with E-state index in [1.807, 2.05) is 6.92 Å². The summed E-state index contributed by atoms with van der Waals surface area (Å²) < 4.78 is 0. The van der Waals surface area contributed by atoms with E-state index < -0.39 is 18.0 Å². The fourth-order valence-corrected chi connectivity index (χ4v) is 1.95. The van der Waals surface area contributed by atoms with Crippen molar-refractivity contribution in [2.45, 2.75) is 52.5 Å². The Balaban J connectivity index is 3.97. The number of likely N-dealkylation sites (N-methyl/N-ethyl adjacent to an activating group) is 1. The third-order valence-corrected chi connectivity index (χ3v) is 3.15. The molecule has 0 aliphatic rings. The summed E-state index contributed by atoms with van der Waals surface area (Å²) in [5, 5.41) is 14.2. The summed E-state index contributed by atoms with van der Waals surface area (Å²) in [4.78, 5) is 24.9. The minimum Gasteiger partial charge on any atom is -0.480 e. The molecule has 0 rings (SSSR count). The molecule has 2 amide bonds. The van der Waals surface area contributed by atoms with Crippen LogP contribution >= 0.6 is 0 Å². The standard InChI is InChI=1S/C14H29N3O3/c1-4-7-8-12(13(18)19)16-14(20)15-9-11-17(6-3)10-5-2/h12H,4-11H2,1-3H3,(H,18,19)(H2,15,16,20)/t12-/m0/s1. The van der Waals surface area contributed by atoms with Crippen LogP contribution in [0.2, 0.25) is 0 Å². The molecule has 0 unspecified atom stereocenters. The lowest BCUT2D eigenvalue weighted by Gasteiger charge is -2.20. The second-order valence-corrected chi connectivity index (χ2v) is 4.87. The number of urea groups is 1. The van der Waals surface area contributed by atoms with E-state index in [0.29, 0.717) is 13.0 Å². The van der Waals surface area contributed by atoms with E-state index in [1.165, 1.54) is 0 Å². The first-order valence-corrected chi connectivity index (χ1v) is 7.54. The van der Waals surface area contributed by atoms with Gasteiger partial charge in [0, 0.05) is 13.1 Å². The smallest absolute Gasteiger partial charge is 0.326 e. The van der Waals surface area contributed by atoms with Crippen molar-refractivity contribution in [2.75, 3.05) is 26.2 Å². The number of carboxylic acids is 1. The number of nitrogens with one attached hydrogen (secondary N) is 2. The molecular formula is C14H29N3O3. The van der Waals surface area contributed by atoms with Crippen LogP contribution in [0, 0.1) is 0 Å². The van der Waals surface area contributed by atoms with Crippen LogP contribution in [0.3, 0.4) is 0 Å². The van der Waals surface area contributed by atoms with Crippen LogP contribution in [0.15, 0.2) is 0 Å². The predicted octanol–water partition coefficient (Wildman–Crippen LogP) is 1.66. The van der Waals surface area contributed by atoms with Crippen LogP contribution in [0.1, 0.15) is 46.5 Å². The minimum atomic E-state index is -0.977. The Hall–Kier alpha value is -1.30. The Kier molecular flexibility index (Phi) is 10.8. The number of nitrogens with zero attached hydrogens (tertiary/aromatic N) is 1. The van der Waals surface area contributed by atoms with Crippen molar-refractivity contribution in [3.63, 3.8) is 0 Å². The van der Waals surface area contributed by atoms with E-state index in [2.05, 4.69) is 29.4 Å². The second-order valence-electron chi connectivity index (χ2n) is 4.87. The third kappa shape index (κ3) is 8.74. The fourth-order valence-electron chi connectivity index (χ4n) is 1.95. The Morgan fingerprint density at radius 2 is 1.85 bits per heavy atom. The van der Waals surface area contributed by atoms with E-state index in [1.54, 1.807) is 0 Å². The molecular weight excluding hydrogens is 258 g/mol. The topological polar surface area (TPSA) is 81.7 Å². The van der Waals surface area contributed by atoms with Crippen LogP contribution < -0.4 is 10.6 Å². The van der Waals surface area contributed by atoms with Crippen molar-refractivity contribution in [1.82, 2.24) is 15.5 Å². The Morgan fingerprint density at radius 1 is 1.15 bits per heavy atom. The number of carboxylic acid groups (broad SMARTS) is 1. The Morgan fingerprint density at radius 3 is 2.35 bits per heavy atom. The second kappa shape index (κ2) is 11.5. The first kappa shape index (κ1) is 18.7. The summed E-state index contributed by atoms with van der Waals surface area (Å²) in [7, 11) is 0. The predicted molar refractivity (Wildman–Crippen MR) is 79.9 cm³/mol. The normalized spacial score (nSPS) is 12.2. The highest BCUT2D eigenvalue weighted by Crippen LogP contribution is 2.00. The SMILES string of the molecule is CCCC[C@H](NC(=O)NCCN(CC)CCC)C(=O)O. The molecule has 0 radical (unpaired) electrons. The maximum absolute atomic E-state index is 11.6. The highest BCUT2D eigenvalue weighted by molar-refractivity contribution is 5.82. The van der Waals surface area contributed by atoms with Crippen LogP contribution in [0.5, 0.6) is 0 Å². The van der Waals surface area contributed by atoms with E-state index >= 15 is 0 Å². The van der Waals surface area contributed by atoms with Crippen LogP contribution in [0.25, 0.3) is 0 Å². The highest BCUT2D eigenvalue weighted by Gasteiger charge is 2.18. The van der Waals surface area contributed by atoms with Gasteiger partial charge in [0.05, 0.1) is 0 Å². The van der Waals surface area contributed by atoms with E-state index in [-0.39, 0.29) is 0 Å². The van der Waals surface area contributed by atoms with E-state index in [4.69, 9.17) is 5.11 Å². The minimum absolute atomic E-state index is 0.402. The zero-order valence-electron chi connectivity index (χ0n) is 12.9. The van der Waals surface area contributed by atoms with Gasteiger partial charge in [-0.3, -0.25) is 0 Å². The first-order chi connectivity index (χ1) is 9.54. The lowest BCUT2D eigenvalue weighted by Crippen LogP contribution is -2.47. The lowest BCUT2D eigenvalue weighted by molar-refractivity contribution is -0.139. The summed E-state index contributed by atoms with van der Waals surface area (Å²) in [6, 6.07) is -1.20. The summed E-state index contributed by atoms with van der Waals surface area (Å²) in [6.07, 6.45) is 3.25. The van der Waals surface area contributed by atoms with Crippen molar-refractivity contribution >= 4 is 12.0 Å². The van der Waals surface area contributed by atoms with Crippen molar-refractivity contribution in [2.24, 2.45) is 0 Å². The lowest BCUT2D eigenvalue weighted by atomic mass is 10.1. The van der Waals surface area contributed by atoms with Gasteiger partial charge in [0.2, 0.25) is 0 Å². The quantitative estimate of drug-likeness (QED) is 0.540. The van der Waals surface area contributed by atoms with Gasteiger partial charge in [0.1, 0.15) is 6.04 Å². The van der Waals surface area contributed by atoms with Crippen LogP contribution in [0.4, 0.5) is 4.79 Å². The molecule has 1 atom stereocenters. The number of carbonyl (C=O) groups is 2. The van der Waals surface area contributed by atoms with Gasteiger partial charge in [0.25, 0.3) is 0 Å². The molecule has 6 heteroatoms. The average molecular weight is 287 g/mol. The highest BCUT2D eigenvalue weighted by atomic mass is 16.4. The summed E-state index contributed by atoms with van der Waals surface area (Å²) in [6.45, 7) is 9.46. The molecule has 0 heterocycles. The molecule has 0 fully saturated rings. The van der Waals surface area contributed by atoms with Gasteiger partial charge >= 0.3 is 12.0 Å². The number of unbranched alkanes of at least 4 members (excludes halogenated alkanes) is 1. The van der Waals surface area contributed by atoms with Gasteiger partial charge in [-0.25, -0.2) is 9.59 Å². The molecule has 0 aliphatic carbocycles. The maximum atomic E-state index is 11.6. The van der Waals surface area contributed by atoms with E-state index in [0.717, 1.165) is 38.9 Å². The number of aliphatic carboxylic acids is 1. The Labute approximate surface area is 121 Å². The van der Waals surface area contributed by atoms with Gasteiger partial charge in [0.15, 0.2) is 0 Å². The van der Waals surface area contributed by atoms with Gasteiger partial charge in [-0.05, 0) is 25.9 Å². The van der Waals surface area contributed by atoms with Gasteiger partial charge in [-0.2, -0.15) is 0 Å². The summed E-state index contributed by atoms with van der Waals surface area (Å²) in [5.41, 5.74) is 0. The molecule has 0 aromatic rings. The maximum Gasteiger partial charge on any atom is 0.326 e. The van der Waals surface area contributed by atoms with Crippen molar-refractivity contribution < 1.29 is 14.7 Å². The van der Waals surface area contributed by atoms with Crippen LogP contribution in [-0.4, -0.2) is 54.2 Å². The van der Waals surface area contributed by atoms with Crippen LogP contribution in [-0.2, 0) is 4.79 Å². The van der Waals surface area contributed by atoms with Gasteiger partial charge in [-0.15, -0.1) is 0 Å². The number of carbonyl (C=O) groups excluding carboxylic acids is 1. The molecule has 0 saturated heterocycles. The zero-order chi connectivity index (χ0) is 15.4.